The maximum absolute atomic E-state index is 12.1. The van der Waals surface area contributed by atoms with Crippen LogP contribution in [0.1, 0.15) is 19.4 Å². The molecule has 1 aliphatic heterocycles. The van der Waals surface area contributed by atoms with E-state index in [0.717, 1.165) is 9.87 Å². The molecule has 1 aromatic rings. The highest BCUT2D eigenvalue weighted by molar-refractivity contribution is 7.88. The Hall–Kier alpha value is -2.15. The van der Waals surface area contributed by atoms with Crippen LogP contribution >= 0.6 is 0 Å². The second kappa shape index (κ2) is 6.74. The fourth-order valence-electron chi connectivity index (χ4n) is 2.02. The Labute approximate surface area is 130 Å². The van der Waals surface area contributed by atoms with Crippen LogP contribution in [0.3, 0.4) is 0 Å². The molecular formula is C15H18N2O4S. The van der Waals surface area contributed by atoms with E-state index < -0.39 is 16.2 Å². The van der Waals surface area contributed by atoms with Crippen LogP contribution in [0.25, 0.3) is 0 Å². The lowest BCUT2D eigenvalue weighted by molar-refractivity contribution is -0.138. The quantitative estimate of drug-likeness (QED) is 0.773. The summed E-state index contributed by atoms with van der Waals surface area (Å²) in [5, 5.41) is 0. The van der Waals surface area contributed by atoms with E-state index in [-0.39, 0.29) is 24.4 Å². The van der Waals surface area contributed by atoms with E-state index in [1.807, 2.05) is 30.3 Å². The molecule has 0 bridgehead atoms. The molecule has 0 unspecified atom stereocenters. The van der Waals surface area contributed by atoms with E-state index in [4.69, 9.17) is 4.74 Å². The molecule has 0 N–H and O–H groups in total. The molecule has 0 fully saturated rings. The molecule has 2 rings (SSSR count). The molecule has 7 heteroatoms. The van der Waals surface area contributed by atoms with Crippen molar-refractivity contribution in [2.75, 3.05) is 13.2 Å². The Morgan fingerprint density at radius 3 is 2.59 bits per heavy atom. The third-order valence-corrected chi connectivity index (χ3v) is 4.67. The summed E-state index contributed by atoms with van der Waals surface area (Å²) in [5.74, 6) is -0.564. The van der Waals surface area contributed by atoms with Gasteiger partial charge in [0.15, 0.2) is 0 Å². The van der Waals surface area contributed by atoms with E-state index in [1.54, 1.807) is 6.92 Å². The number of rotatable bonds is 5. The van der Waals surface area contributed by atoms with Crippen molar-refractivity contribution in [2.45, 2.75) is 20.3 Å². The summed E-state index contributed by atoms with van der Waals surface area (Å²) in [6.07, 6.45) is 1.88. The van der Waals surface area contributed by atoms with E-state index in [2.05, 4.69) is 4.40 Å². The highest BCUT2D eigenvalue weighted by Gasteiger charge is 2.27. The number of ether oxygens (including phenoxy) is 1. The van der Waals surface area contributed by atoms with Gasteiger partial charge in [0.2, 0.25) is 0 Å². The van der Waals surface area contributed by atoms with Gasteiger partial charge in [-0.3, -0.25) is 4.31 Å². The van der Waals surface area contributed by atoms with Crippen molar-refractivity contribution in [1.29, 1.82) is 0 Å². The molecule has 0 spiro atoms. The van der Waals surface area contributed by atoms with Gasteiger partial charge in [0.1, 0.15) is 0 Å². The minimum absolute atomic E-state index is 0.148. The van der Waals surface area contributed by atoms with Gasteiger partial charge < -0.3 is 4.74 Å². The maximum atomic E-state index is 12.1. The zero-order chi connectivity index (χ0) is 16.2. The maximum Gasteiger partial charge on any atom is 0.344 e. The summed E-state index contributed by atoms with van der Waals surface area (Å²) in [5.41, 5.74) is 1.38. The number of carbonyl (C=O) groups excluding carboxylic acids is 1. The predicted octanol–water partition coefficient (Wildman–Crippen LogP) is 1.70. The number of benzene rings is 1. The Morgan fingerprint density at radius 2 is 1.95 bits per heavy atom. The van der Waals surface area contributed by atoms with Crippen LogP contribution in [-0.4, -0.2) is 37.6 Å². The number of esters is 1. The lowest BCUT2D eigenvalue weighted by atomic mass is 10.1. The number of hydrogen-bond acceptors (Lipinski definition) is 4. The SMILES string of the molecule is CCN1C=C(C(=O)OCCc2ccccc2)C(C)=NS1(=O)=O. The first-order chi connectivity index (χ1) is 10.4. The number of nitrogens with zero attached hydrogens (tertiary/aromatic N) is 2. The molecule has 6 nitrogen and oxygen atoms in total. The molecule has 1 aromatic carbocycles. The second-order valence-electron chi connectivity index (χ2n) is 4.77. The lowest BCUT2D eigenvalue weighted by Crippen LogP contribution is -2.32. The van der Waals surface area contributed by atoms with Crippen LogP contribution in [-0.2, 0) is 26.2 Å². The highest BCUT2D eigenvalue weighted by Crippen LogP contribution is 2.17. The third kappa shape index (κ3) is 3.73. The summed E-state index contributed by atoms with van der Waals surface area (Å²) >= 11 is 0. The van der Waals surface area contributed by atoms with Gasteiger partial charge in [-0.05, 0) is 19.4 Å². The minimum Gasteiger partial charge on any atom is -0.462 e. The molecule has 0 saturated carbocycles. The van der Waals surface area contributed by atoms with Crippen LogP contribution in [0.5, 0.6) is 0 Å². The summed E-state index contributed by atoms with van der Waals surface area (Å²) in [6, 6.07) is 9.66. The first kappa shape index (κ1) is 16.2. The fourth-order valence-corrected chi connectivity index (χ4v) is 3.13. The molecule has 0 aliphatic carbocycles. The zero-order valence-electron chi connectivity index (χ0n) is 12.5. The second-order valence-corrected chi connectivity index (χ2v) is 6.32. The highest BCUT2D eigenvalue weighted by atomic mass is 32.2. The lowest BCUT2D eigenvalue weighted by Gasteiger charge is -2.21. The molecule has 0 saturated heterocycles. The van der Waals surface area contributed by atoms with Crippen LogP contribution in [0.2, 0.25) is 0 Å². The Morgan fingerprint density at radius 1 is 1.27 bits per heavy atom. The van der Waals surface area contributed by atoms with Gasteiger partial charge in [-0.25, -0.2) is 4.79 Å². The molecule has 22 heavy (non-hydrogen) atoms. The van der Waals surface area contributed by atoms with Gasteiger partial charge in [0, 0.05) is 19.2 Å². The van der Waals surface area contributed by atoms with Gasteiger partial charge in [-0.1, -0.05) is 30.3 Å². The van der Waals surface area contributed by atoms with Gasteiger partial charge in [0.25, 0.3) is 0 Å². The largest absolute Gasteiger partial charge is 0.462 e. The number of carbonyl (C=O) groups is 1. The summed E-state index contributed by atoms with van der Waals surface area (Å²) < 4.78 is 33.3. The summed E-state index contributed by atoms with van der Waals surface area (Å²) in [6.45, 7) is 3.59. The average molecular weight is 322 g/mol. The van der Waals surface area contributed by atoms with E-state index >= 15 is 0 Å². The molecule has 0 atom stereocenters. The van der Waals surface area contributed by atoms with Gasteiger partial charge in [0.05, 0.1) is 17.9 Å². The van der Waals surface area contributed by atoms with Crippen LogP contribution in [0.4, 0.5) is 0 Å². The molecular weight excluding hydrogens is 304 g/mol. The normalized spacial score (nSPS) is 16.7. The van der Waals surface area contributed by atoms with Crippen molar-refractivity contribution < 1.29 is 17.9 Å². The van der Waals surface area contributed by atoms with Crippen LogP contribution in [0.15, 0.2) is 46.5 Å². The van der Waals surface area contributed by atoms with Crippen molar-refractivity contribution in [3.8, 4) is 0 Å². The molecule has 0 aromatic heterocycles. The monoisotopic (exact) mass is 322 g/mol. The molecule has 0 radical (unpaired) electrons. The molecule has 0 amide bonds. The Kier molecular flexibility index (Phi) is 4.97. The van der Waals surface area contributed by atoms with Crippen molar-refractivity contribution in [1.82, 2.24) is 4.31 Å². The van der Waals surface area contributed by atoms with Crippen molar-refractivity contribution in [2.24, 2.45) is 4.40 Å². The van der Waals surface area contributed by atoms with Crippen molar-refractivity contribution in [3.63, 3.8) is 0 Å². The topological polar surface area (TPSA) is 76.0 Å². The smallest absolute Gasteiger partial charge is 0.344 e. The van der Waals surface area contributed by atoms with E-state index in [9.17, 15) is 13.2 Å². The van der Waals surface area contributed by atoms with Crippen LogP contribution < -0.4 is 0 Å². The minimum atomic E-state index is -3.72. The summed E-state index contributed by atoms with van der Waals surface area (Å²) in [4.78, 5) is 12.1. The number of hydrogen-bond donors (Lipinski definition) is 0. The zero-order valence-corrected chi connectivity index (χ0v) is 13.3. The van der Waals surface area contributed by atoms with E-state index in [0.29, 0.717) is 6.42 Å². The third-order valence-electron chi connectivity index (χ3n) is 3.21. The van der Waals surface area contributed by atoms with Crippen molar-refractivity contribution in [3.05, 3.63) is 47.7 Å². The fraction of sp³-hybridized carbons (Fsp3) is 0.333. The van der Waals surface area contributed by atoms with Crippen molar-refractivity contribution >= 4 is 21.9 Å². The molecule has 118 valence electrons. The first-order valence-corrected chi connectivity index (χ1v) is 8.35. The van der Waals surface area contributed by atoms with Crippen LogP contribution in [0, 0.1) is 0 Å². The molecule has 1 heterocycles. The first-order valence-electron chi connectivity index (χ1n) is 6.95. The average Bonchev–Trinajstić information content (AvgIpc) is 2.47. The Balaban J connectivity index is 2.00. The standard InChI is InChI=1S/C15H18N2O4S/c1-3-17-11-14(12(2)16-22(17,19)20)15(18)21-10-9-13-7-5-4-6-8-13/h4-8,11H,3,9-10H2,1-2H3. The van der Waals surface area contributed by atoms with Gasteiger partial charge in [-0.2, -0.15) is 8.42 Å². The summed E-state index contributed by atoms with van der Waals surface area (Å²) in [7, 11) is -3.72. The van der Waals surface area contributed by atoms with Gasteiger partial charge >= 0.3 is 16.2 Å². The molecule has 1 aliphatic rings. The predicted molar refractivity (Wildman–Crippen MR) is 83.6 cm³/mol. The van der Waals surface area contributed by atoms with Gasteiger partial charge in [-0.15, -0.1) is 4.40 Å². The Bertz CT molecular complexity index is 708. The van der Waals surface area contributed by atoms with E-state index in [1.165, 1.54) is 13.1 Å².